The summed E-state index contributed by atoms with van der Waals surface area (Å²) in [6, 6.07) is 0. The summed E-state index contributed by atoms with van der Waals surface area (Å²) in [4.78, 5) is 4.42. The fourth-order valence-corrected chi connectivity index (χ4v) is 5.50. The molecule has 0 aliphatic heterocycles. The molecule has 1 aromatic rings. The van der Waals surface area contributed by atoms with Crippen LogP contribution >= 0.6 is 0 Å². The first-order valence-electron chi connectivity index (χ1n) is 7.05. The van der Waals surface area contributed by atoms with Gasteiger partial charge in [-0.15, -0.1) is 0 Å². The molecule has 0 aromatic carbocycles. The molecule has 4 bridgehead atoms. The second-order valence-corrected chi connectivity index (χ2v) is 7.23. The standard InChI is InChI=1S/C14H20N2O2/c1-13-3-9-2-10(4-13)6-14(5-9,8-13)12-15-11(7-17)16-18-12/h9-10,17H,2-8H2,1H3. The van der Waals surface area contributed by atoms with Crippen LogP contribution in [0.4, 0.5) is 0 Å². The predicted octanol–water partition coefficient (Wildman–Crippen LogP) is 2.42. The number of aliphatic hydroxyl groups excluding tert-OH is 1. The van der Waals surface area contributed by atoms with Gasteiger partial charge in [-0.25, -0.2) is 0 Å². The molecular formula is C14H20N2O2. The molecule has 98 valence electrons. The zero-order chi connectivity index (χ0) is 12.4. The summed E-state index contributed by atoms with van der Waals surface area (Å²) in [5, 5.41) is 13.0. The highest BCUT2D eigenvalue weighted by atomic mass is 16.5. The minimum atomic E-state index is -0.121. The van der Waals surface area contributed by atoms with Crippen LogP contribution in [0, 0.1) is 17.3 Å². The molecule has 0 spiro atoms. The van der Waals surface area contributed by atoms with Crippen molar-refractivity contribution in [3.8, 4) is 0 Å². The van der Waals surface area contributed by atoms with Crippen molar-refractivity contribution in [1.82, 2.24) is 10.1 Å². The normalized spacial score (nSPS) is 45.7. The largest absolute Gasteiger partial charge is 0.388 e. The monoisotopic (exact) mass is 248 g/mol. The van der Waals surface area contributed by atoms with E-state index in [0.717, 1.165) is 17.7 Å². The van der Waals surface area contributed by atoms with Gasteiger partial charge in [-0.3, -0.25) is 0 Å². The Balaban J connectivity index is 1.74. The molecule has 0 saturated heterocycles. The third kappa shape index (κ3) is 1.41. The smallest absolute Gasteiger partial charge is 0.232 e. The molecule has 4 nitrogen and oxygen atoms in total. The first kappa shape index (κ1) is 11.0. The lowest BCUT2D eigenvalue weighted by Crippen LogP contribution is -2.53. The molecule has 4 aliphatic carbocycles. The molecule has 2 unspecified atom stereocenters. The third-order valence-electron chi connectivity index (χ3n) is 5.42. The van der Waals surface area contributed by atoms with E-state index in [9.17, 15) is 0 Å². The van der Waals surface area contributed by atoms with Crippen molar-refractivity contribution in [3.63, 3.8) is 0 Å². The van der Waals surface area contributed by atoms with E-state index in [1.54, 1.807) is 0 Å². The Kier molecular flexibility index (Phi) is 2.04. The molecule has 4 aliphatic rings. The first-order chi connectivity index (χ1) is 8.61. The lowest BCUT2D eigenvalue weighted by molar-refractivity contribution is -0.0724. The van der Waals surface area contributed by atoms with Crippen molar-refractivity contribution in [1.29, 1.82) is 0 Å². The Morgan fingerprint density at radius 3 is 2.56 bits per heavy atom. The number of aliphatic hydroxyl groups is 1. The van der Waals surface area contributed by atoms with Gasteiger partial charge in [0.1, 0.15) is 6.61 Å². The maximum atomic E-state index is 9.10. The fourth-order valence-electron chi connectivity index (χ4n) is 5.50. The topological polar surface area (TPSA) is 59.2 Å². The molecule has 1 aromatic heterocycles. The van der Waals surface area contributed by atoms with Crippen LogP contribution in [0.25, 0.3) is 0 Å². The average Bonchev–Trinajstić information content (AvgIpc) is 2.74. The van der Waals surface area contributed by atoms with Gasteiger partial charge in [-0.05, 0) is 55.8 Å². The van der Waals surface area contributed by atoms with Crippen LogP contribution < -0.4 is 0 Å². The highest BCUT2D eigenvalue weighted by Crippen LogP contribution is 2.65. The van der Waals surface area contributed by atoms with Gasteiger partial charge in [0.25, 0.3) is 0 Å². The van der Waals surface area contributed by atoms with E-state index in [4.69, 9.17) is 9.63 Å². The molecule has 1 N–H and O–H groups in total. The van der Waals surface area contributed by atoms with Crippen LogP contribution in [0.5, 0.6) is 0 Å². The Bertz CT molecular complexity index is 468. The number of rotatable bonds is 2. The van der Waals surface area contributed by atoms with Crippen molar-refractivity contribution < 1.29 is 9.63 Å². The van der Waals surface area contributed by atoms with Gasteiger partial charge in [0, 0.05) is 0 Å². The Labute approximate surface area is 107 Å². The minimum absolute atomic E-state index is 0.121. The Morgan fingerprint density at radius 2 is 2.00 bits per heavy atom. The van der Waals surface area contributed by atoms with Gasteiger partial charge in [0.05, 0.1) is 5.41 Å². The van der Waals surface area contributed by atoms with Crippen LogP contribution in [-0.4, -0.2) is 15.2 Å². The molecule has 2 atom stereocenters. The van der Waals surface area contributed by atoms with Crippen LogP contribution in [0.15, 0.2) is 4.52 Å². The molecule has 18 heavy (non-hydrogen) atoms. The quantitative estimate of drug-likeness (QED) is 0.873. The zero-order valence-electron chi connectivity index (χ0n) is 10.9. The summed E-state index contributed by atoms with van der Waals surface area (Å²) in [5.74, 6) is 2.93. The molecule has 4 saturated carbocycles. The van der Waals surface area contributed by atoms with Crippen LogP contribution in [0.1, 0.15) is 57.2 Å². The van der Waals surface area contributed by atoms with E-state index in [1.165, 1.54) is 38.5 Å². The van der Waals surface area contributed by atoms with Gasteiger partial charge in [-0.1, -0.05) is 12.1 Å². The highest BCUT2D eigenvalue weighted by molar-refractivity contribution is 5.17. The maximum absolute atomic E-state index is 9.10. The molecule has 5 rings (SSSR count). The summed E-state index contributed by atoms with van der Waals surface area (Å²) in [7, 11) is 0. The summed E-state index contributed by atoms with van der Waals surface area (Å²) >= 11 is 0. The van der Waals surface area contributed by atoms with Crippen LogP contribution in [0.2, 0.25) is 0 Å². The number of nitrogens with zero attached hydrogens (tertiary/aromatic N) is 2. The van der Waals surface area contributed by atoms with E-state index >= 15 is 0 Å². The lowest BCUT2D eigenvalue weighted by Gasteiger charge is -2.59. The second kappa shape index (κ2) is 3.35. The number of aromatic nitrogens is 2. The van der Waals surface area contributed by atoms with Gasteiger partial charge in [0.15, 0.2) is 5.82 Å². The Morgan fingerprint density at radius 1 is 1.28 bits per heavy atom. The predicted molar refractivity (Wildman–Crippen MR) is 64.7 cm³/mol. The molecule has 1 heterocycles. The van der Waals surface area contributed by atoms with Gasteiger partial charge in [-0.2, -0.15) is 4.98 Å². The molecule has 4 heteroatoms. The summed E-state index contributed by atoms with van der Waals surface area (Å²) in [5.41, 5.74) is 0.608. The van der Waals surface area contributed by atoms with Crippen molar-refractivity contribution in [3.05, 3.63) is 11.7 Å². The maximum Gasteiger partial charge on any atom is 0.232 e. The zero-order valence-corrected chi connectivity index (χ0v) is 10.9. The van der Waals surface area contributed by atoms with E-state index in [-0.39, 0.29) is 12.0 Å². The van der Waals surface area contributed by atoms with E-state index in [2.05, 4.69) is 17.1 Å². The molecular weight excluding hydrogens is 228 g/mol. The average molecular weight is 248 g/mol. The molecule has 0 amide bonds. The SMILES string of the molecule is CC12CC3CC(C1)CC(c1nc(CO)no1)(C3)C2. The van der Waals surface area contributed by atoms with Crippen molar-refractivity contribution in [2.75, 3.05) is 0 Å². The number of hydrogen-bond acceptors (Lipinski definition) is 4. The lowest BCUT2D eigenvalue weighted by atomic mass is 9.44. The van der Waals surface area contributed by atoms with Crippen LogP contribution in [-0.2, 0) is 12.0 Å². The van der Waals surface area contributed by atoms with Gasteiger partial charge < -0.3 is 9.63 Å². The summed E-state index contributed by atoms with van der Waals surface area (Å²) in [6.45, 7) is 2.31. The van der Waals surface area contributed by atoms with Gasteiger partial charge in [0.2, 0.25) is 5.89 Å². The minimum Gasteiger partial charge on any atom is -0.388 e. The van der Waals surface area contributed by atoms with E-state index in [0.29, 0.717) is 11.2 Å². The molecule has 0 radical (unpaired) electrons. The number of hydrogen-bond donors (Lipinski definition) is 1. The van der Waals surface area contributed by atoms with Crippen molar-refractivity contribution in [2.24, 2.45) is 17.3 Å². The second-order valence-electron chi connectivity index (χ2n) is 7.23. The van der Waals surface area contributed by atoms with E-state index < -0.39 is 0 Å². The fraction of sp³-hybridized carbons (Fsp3) is 0.857. The highest BCUT2D eigenvalue weighted by Gasteiger charge is 2.58. The third-order valence-corrected chi connectivity index (χ3v) is 5.42. The van der Waals surface area contributed by atoms with E-state index in [1.807, 2.05) is 0 Å². The summed E-state index contributed by atoms with van der Waals surface area (Å²) in [6.07, 6.45) is 7.79. The van der Waals surface area contributed by atoms with Crippen molar-refractivity contribution in [2.45, 2.75) is 57.5 Å². The molecule has 4 fully saturated rings. The first-order valence-corrected chi connectivity index (χ1v) is 7.05. The van der Waals surface area contributed by atoms with Crippen molar-refractivity contribution >= 4 is 0 Å². The van der Waals surface area contributed by atoms with Crippen LogP contribution in [0.3, 0.4) is 0 Å². The van der Waals surface area contributed by atoms with Gasteiger partial charge >= 0.3 is 0 Å². The Hall–Kier alpha value is -0.900. The summed E-state index contributed by atoms with van der Waals surface area (Å²) < 4.78 is 5.46.